The maximum Gasteiger partial charge on any atom is 0.342 e. The summed E-state index contributed by atoms with van der Waals surface area (Å²) < 4.78 is 7.11. The Hall–Kier alpha value is -1.51. The van der Waals surface area contributed by atoms with Gasteiger partial charge in [-0.25, -0.2) is 9.55 Å². The molecule has 2 N–H and O–H groups in total. The second-order valence-corrected chi connectivity index (χ2v) is 4.59. The van der Waals surface area contributed by atoms with E-state index in [4.69, 9.17) is 4.74 Å². The third-order valence-electron chi connectivity index (χ3n) is 3.35. The fourth-order valence-corrected chi connectivity index (χ4v) is 2.24. The van der Waals surface area contributed by atoms with Crippen LogP contribution in [0.25, 0.3) is 0 Å². The highest BCUT2D eigenvalue weighted by Crippen LogP contribution is 2.19. The Bertz CT molecular complexity index is 442. The van der Waals surface area contributed by atoms with Gasteiger partial charge in [-0.15, -0.1) is 0 Å². The lowest BCUT2D eigenvalue weighted by Crippen LogP contribution is -2.45. The molecule has 2 heterocycles. The number of aliphatic hydroxyl groups excluding tert-OH is 1. The van der Waals surface area contributed by atoms with Crippen molar-refractivity contribution in [1.82, 2.24) is 14.9 Å². The highest BCUT2D eigenvalue weighted by atomic mass is 16.6. The molecule has 0 radical (unpaired) electrons. The Balaban J connectivity index is 2.13. The van der Waals surface area contributed by atoms with Gasteiger partial charge in [0.25, 0.3) is 0 Å². The van der Waals surface area contributed by atoms with Gasteiger partial charge in [0.1, 0.15) is 6.20 Å². The van der Waals surface area contributed by atoms with E-state index in [1.54, 1.807) is 6.92 Å². The molecule has 19 heavy (non-hydrogen) atoms. The number of nitrogens with one attached hydrogen (secondary N) is 1. The summed E-state index contributed by atoms with van der Waals surface area (Å²) in [5.74, 6) is 0.313. The van der Waals surface area contributed by atoms with Gasteiger partial charge in [0.15, 0.2) is 5.82 Å². The molecule has 0 aromatic carbocycles. The highest BCUT2D eigenvalue weighted by Gasteiger charge is 2.29. The van der Waals surface area contributed by atoms with Gasteiger partial charge in [0.05, 0.1) is 25.9 Å². The lowest BCUT2D eigenvalue weighted by molar-refractivity contribution is -0.392. The van der Waals surface area contributed by atoms with Gasteiger partial charge >= 0.3 is 5.82 Å². The molecule has 1 aromatic rings. The molecular formula is C11H18N4O4. The van der Waals surface area contributed by atoms with Crippen LogP contribution in [0.15, 0.2) is 6.20 Å². The van der Waals surface area contributed by atoms with Crippen molar-refractivity contribution < 1.29 is 14.8 Å². The average molecular weight is 270 g/mol. The summed E-state index contributed by atoms with van der Waals surface area (Å²) in [6.07, 6.45) is 1.10. The molecule has 1 aromatic heterocycles. The van der Waals surface area contributed by atoms with Crippen molar-refractivity contribution in [2.75, 3.05) is 26.3 Å². The van der Waals surface area contributed by atoms with Crippen LogP contribution in [0.5, 0.6) is 0 Å². The number of ether oxygens (including phenoxy) is 1. The smallest absolute Gasteiger partial charge is 0.342 e. The number of morpholine rings is 1. The predicted octanol–water partition coefficient (Wildman–Crippen LogP) is -0.303. The molecule has 1 saturated heterocycles. The number of imidazole rings is 1. The normalized spacial score (nSPS) is 21.3. The minimum Gasteiger partial charge on any atom is -0.396 e. The van der Waals surface area contributed by atoms with E-state index in [2.05, 4.69) is 10.3 Å². The van der Waals surface area contributed by atoms with E-state index in [1.807, 2.05) is 0 Å². The summed E-state index contributed by atoms with van der Waals surface area (Å²) in [6, 6.07) is 0. The van der Waals surface area contributed by atoms with Crippen molar-refractivity contribution in [3.05, 3.63) is 22.1 Å². The monoisotopic (exact) mass is 270 g/mol. The van der Waals surface area contributed by atoms with Crippen LogP contribution >= 0.6 is 0 Å². The van der Waals surface area contributed by atoms with Crippen molar-refractivity contribution in [2.45, 2.75) is 19.6 Å². The Kier molecular flexibility index (Phi) is 4.46. The first-order valence-corrected chi connectivity index (χ1v) is 6.23. The molecule has 0 saturated carbocycles. The predicted molar refractivity (Wildman–Crippen MR) is 66.8 cm³/mol. The molecule has 106 valence electrons. The Morgan fingerprint density at radius 2 is 2.58 bits per heavy atom. The first-order chi connectivity index (χ1) is 9.13. The van der Waals surface area contributed by atoms with Crippen molar-refractivity contribution in [3.63, 3.8) is 0 Å². The van der Waals surface area contributed by atoms with E-state index in [0.717, 1.165) is 6.54 Å². The molecule has 8 nitrogen and oxygen atoms in total. The van der Waals surface area contributed by atoms with Gasteiger partial charge in [0.2, 0.25) is 0 Å². The molecule has 0 aliphatic carbocycles. The second-order valence-electron chi connectivity index (χ2n) is 4.59. The Labute approximate surface area is 110 Å². The van der Waals surface area contributed by atoms with E-state index in [9.17, 15) is 15.2 Å². The van der Waals surface area contributed by atoms with Crippen LogP contribution in [-0.2, 0) is 11.3 Å². The van der Waals surface area contributed by atoms with Crippen LogP contribution in [0.4, 0.5) is 5.82 Å². The minimum absolute atomic E-state index is 0.0558. The SMILES string of the molecule is Cc1ncc([N+](=O)[O-])n1CC(CO)C1CNCCO1. The lowest BCUT2D eigenvalue weighted by Gasteiger charge is -2.29. The zero-order chi connectivity index (χ0) is 13.8. The van der Waals surface area contributed by atoms with Crippen LogP contribution in [0.2, 0.25) is 0 Å². The average Bonchev–Trinajstić information content (AvgIpc) is 2.78. The molecule has 2 rings (SSSR count). The fraction of sp³-hybridized carbons (Fsp3) is 0.727. The molecule has 2 atom stereocenters. The van der Waals surface area contributed by atoms with Gasteiger partial charge in [-0.2, -0.15) is 0 Å². The number of aliphatic hydroxyl groups is 1. The van der Waals surface area contributed by atoms with Crippen LogP contribution in [0.1, 0.15) is 5.82 Å². The molecule has 1 aliphatic heterocycles. The van der Waals surface area contributed by atoms with Gasteiger partial charge in [-0.05, 0) is 4.92 Å². The maximum absolute atomic E-state index is 10.9. The number of hydrogen-bond acceptors (Lipinski definition) is 6. The van der Waals surface area contributed by atoms with Gasteiger partial charge in [-0.1, -0.05) is 0 Å². The highest BCUT2D eigenvalue weighted by molar-refractivity contribution is 5.18. The Morgan fingerprint density at radius 1 is 1.79 bits per heavy atom. The summed E-state index contributed by atoms with van der Waals surface area (Å²) >= 11 is 0. The largest absolute Gasteiger partial charge is 0.396 e. The third-order valence-corrected chi connectivity index (χ3v) is 3.35. The van der Waals surface area contributed by atoms with Crippen molar-refractivity contribution in [2.24, 2.45) is 5.92 Å². The molecule has 0 spiro atoms. The number of aryl methyl sites for hydroxylation is 1. The molecule has 1 fully saturated rings. The number of aromatic nitrogens is 2. The van der Waals surface area contributed by atoms with Crippen LogP contribution in [-0.4, -0.2) is 52.0 Å². The molecule has 8 heteroatoms. The molecule has 1 aliphatic rings. The fourth-order valence-electron chi connectivity index (χ4n) is 2.24. The second kappa shape index (κ2) is 6.09. The van der Waals surface area contributed by atoms with Crippen LogP contribution in [0, 0.1) is 23.0 Å². The summed E-state index contributed by atoms with van der Waals surface area (Å²) in [4.78, 5) is 14.4. The van der Waals surface area contributed by atoms with Crippen LogP contribution < -0.4 is 5.32 Å². The number of nitrogens with zero attached hydrogens (tertiary/aromatic N) is 3. The van der Waals surface area contributed by atoms with Gasteiger partial charge < -0.3 is 25.3 Å². The number of hydrogen-bond donors (Lipinski definition) is 2. The minimum atomic E-state index is -0.464. The van der Waals surface area contributed by atoms with Crippen LogP contribution in [0.3, 0.4) is 0 Å². The van der Waals surface area contributed by atoms with E-state index < -0.39 is 4.92 Å². The zero-order valence-electron chi connectivity index (χ0n) is 10.8. The van der Waals surface area contributed by atoms with E-state index in [0.29, 0.717) is 25.5 Å². The van der Waals surface area contributed by atoms with E-state index >= 15 is 0 Å². The van der Waals surface area contributed by atoms with E-state index in [1.165, 1.54) is 10.8 Å². The summed E-state index contributed by atoms with van der Waals surface area (Å²) in [6.45, 7) is 3.98. The quantitative estimate of drug-likeness (QED) is 0.562. The number of nitro groups is 1. The zero-order valence-corrected chi connectivity index (χ0v) is 10.8. The standard InChI is InChI=1S/C11H18N4O4/c1-8-13-5-11(15(17)18)14(8)6-9(7-16)10-4-12-2-3-19-10/h5,9-10,12,16H,2-4,6-7H2,1H3. The molecule has 0 amide bonds. The maximum atomic E-state index is 10.9. The summed E-state index contributed by atoms with van der Waals surface area (Å²) in [7, 11) is 0. The Morgan fingerprint density at radius 3 is 3.16 bits per heavy atom. The molecule has 0 bridgehead atoms. The van der Waals surface area contributed by atoms with Crippen molar-refractivity contribution >= 4 is 5.82 Å². The van der Waals surface area contributed by atoms with Gasteiger partial charge in [0, 0.05) is 25.9 Å². The first-order valence-electron chi connectivity index (χ1n) is 6.23. The molecule has 2 unspecified atom stereocenters. The van der Waals surface area contributed by atoms with Gasteiger partial charge in [-0.3, -0.25) is 0 Å². The topological polar surface area (TPSA) is 102 Å². The summed E-state index contributed by atoms with van der Waals surface area (Å²) in [5, 5.41) is 23.6. The lowest BCUT2D eigenvalue weighted by atomic mass is 10.0. The van der Waals surface area contributed by atoms with Crippen molar-refractivity contribution in [1.29, 1.82) is 0 Å². The third kappa shape index (κ3) is 3.09. The van der Waals surface area contributed by atoms with E-state index in [-0.39, 0.29) is 24.4 Å². The van der Waals surface area contributed by atoms with Crippen molar-refractivity contribution in [3.8, 4) is 0 Å². The number of rotatable bonds is 5. The first kappa shape index (κ1) is 13.9. The summed E-state index contributed by atoms with van der Waals surface area (Å²) in [5.41, 5.74) is 0. The molecular weight excluding hydrogens is 252 g/mol.